The van der Waals surface area contributed by atoms with Gasteiger partial charge in [0.05, 0.1) is 5.02 Å². The normalized spacial score (nSPS) is 10.6. The van der Waals surface area contributed by atoms with Crippen molar-refractivity contribution in [3.63, 3.8) is 0 Å². The Labute approximate surface area is 148 Å². The molecule has 0 bridgehead atoms. The number of hydrogen-bond donors (Lipinski definition) is 2. The maximum absolute atomic E-state index is 12.3. The summed E-state index contributed by atoms with van der Waals surface area (Å²) in [4.78, 5) is 16.5. The molecule has 2 N–H and O–H groups in total. The Morgan fingerprint density at radius 3 is 2.67 bits per heavy atom. The zero-order valence-corrected chi connectivity index (χ0v) is 14.5. The number of carbonyl (C=O) groups excluding carboxylic acids is 1. The molecule has 2 aromatic carbocycles. The van der Waals surface area contributed by atoms with E-state index >= 15 is 0 Å². The second-order valence-corrected chi connectivity index (χ2v) is 6.34. The van der Waals surface area contributed by atoms with Crippen LogP contribution < -0.4 is 5.32 Å². The van der Waals surface area contributed by atoms with Gasteiger partial charge in [0.2, 0.25) is 5.95 Å². The Bertz CT molecular complexity index is 848. The molecule has 0 spiro atoms. The molecule has 3 rings (SSSR count). The van der Waals surface area contributed by atoms with Gasteiger partial charge in [-0.2, -0.15) is 16.7 Å². The van der Waals surface area contributed by atoms with Crippen LogP contribution in [0.5, 0.6) is 0 Å². The van der Waals surface area contributed by atoms with Gasteiger partial charge in [0.25, 0.3) is 5.91 Å². The van der Waals surface area contributed by atoms with E-state index in [4.69, 9.17) is 11.6 Å². The fourth-order valence-corrected chi connectivity index (χ4v) is 2.94. The Balaban J connectivity index is 1.72. The monoisotopic (exact) mass is 358 g/mol. The highest BCUT2D eigenvalue weighted by Gasteiger charge is 2.12. The van der Waals surface area contributed by atoms with Crippen LogP contribution in [0.3, 0.4) is 0 Å². The number of nitrogens with one attached hydrogen (secondary N) is 2. The SMILES string of the molecule is CSCc1ccc(C(=O)Nc2n[nH]c(-c3ccccc3Cl)n2)cc1. The molecule has 0 aliphatic carbocycles. The van der Waals surface area contributed by atoms with Crippen molar-refractivity contribution in [3.05, 3.63) is 64.7 Å². The number of aromatic nitrogens is 3. The standard InChI is InChI=1S/C17H15ClN4OS/c1-24-10-11-6-8-12(9-7-11)16(23)20-17-19-15(21-22-17)13-4-2-3-5-14(13)18/h2-9H,10H2,1H3,(H2,19,20,21,22,23). The maximum Gasteiger partial charge on any atom is 0.258 e. The van der Waals surface area contributed by atoms with Crippen LogP contribution in [-0.2, 0) is 5.75 Å². The van der Waals surface area contributed by atoms with Crippen molar-refractivity contribution in [2.45, 2.75) is 5.75 Å². The molecule has 0 atom stereocenters. The van der Waals surface area contributed by atoms with Gasteiger partial charge in [-0.25, -0.2) is 0 Å². The molecule has 0 fully saturated rings. The minimum atomic E-state index is -0.254. The smallest absolute Gasteiger partial charge is 0.258 e. The highest BCUT2D eigenvalue weighted by atomic mass is 35.5. The summed E-state index contributed by atoms with van der Waals surface area (Å²) in [7, 11) is 0. The molecule has 5 nitrogen and oxygen atoms in total. The van der Waals surface area contributed by atoms with Crippen LogP contribution in [0.2, 0.25) is 5.02 Å². The number of nitrogens with zero attached hydrogens (tertiary/aromatic N) is 2. The molecular weight excluding hydrogens is 344 g/mol. The Morgan fingerprint density at radius 1 is 1.21 bits per heavy atom. The maximum atomic E-state index is 12.3. The number of anilines is 1. The van der Waals surface area contributed by atoms with Gasteiger partial charge >= 0.3 is 0 Å². The predicted octanol–water partition coefficient (Wildman–Crippen LogP) is 4.24. The number of hydrogen-bond acceptors (Lipinski definition) is 4. The molecule has 0 aliphatic heterocycles. The number of carbonyl (C=O) groups is 1. The van der Waals surface area contributed by atoms with E-state index in [-0.39, 0.29) is 11.9 Å². The van der Waals surface area contributed by atoms with E-state index < -0.39 is 0 Å². The van der Waals surface area contributed by atoms with Gasteiger partial charge in [-0.1, -0.05) is 35.9 Å². The zero-order chi connectivity index (χ0) is 16.9. The Hall–Kier alpha value is -2.31. The lowest BCUT2D eigenvalue weighted by molar-refractivity contribution is 0.102. The summed E-state index contributed by atoms with van der Waals surface area (Å²) < 4.78 is 0. The number of thioether (sulfide) groups is 1. The first-order chi connectivity index (χ1) is 11.7. The van der Waals surface area contributed by atoms with Crippen LogP contribution in [-0.4, -0.2) is 27.3 Å². The van der Waals surface area contributed by atoms with Crippen LogP contribution in [0, 0.1) is 0 Å². The summed E-state index contributed by atoms with van der Waals surface area (Å²) in [6.45, 7) is 0. The molecule has 0 saturated heterocycles. The molecule has 0 aliphatic rings. The molecule has 1 aromatic heterocycles. The molecule has 3 aromatic rings. The van der Waals surface area contributed by atoms with E-state index in [9.17, 15) is 4.79 Å². The molecule has 122 valence electrons. The van der Waals surface area contributed by atoms with Crippen molar-refractivity contribution in [3.8, 4) is 11.4 Å². The molecule has 0 radical (unpaired) electrons. The van der Waals surface area contributed by atoms with Crippen LogP contribution in [0.1, 0.15) is 15.9 Å². The van der Waals surface area contributed by atoms with Gasteiger partial charge in [0.1, 0.15) is 0 Å². The fourth-order valence-electron chi connectivity index (χ4n) is 2.18. The van der Waals surface area contributed by atoms with Gasteiger partial charge in [-0.3, -0.25) is 15.2 Å². The van der Waals surface area contributed by atoms with E-state index in [0.717, 1.165) is 11.3 Å². The van der Waals surface area contributed by atoms with E-state index in [1.165, 1.54) is 5.56 Å². The summed E-state index contributed by atoms with van der Waals surface area (Å²) in [5, 5.41) is 10.0. The molecular formula is C17H15ClN4OS. The van der Waals surface area contributed by atoms with Gasteiger partial charge in [0, 0.05) is 16.9 Å². The lowest BCUT2D eigenvalue weighted by atomic mass is 10.1. The minimum absolute atomic E-state index is 0.211. The summed E-state index contributed by atoms with van der Waals surface area (Å²) in [5.41, 5.74) is 2.47. The van der Waals surface area contributed by atoms with Crippen molar-refractivity contribution in [1.29, 1.82) is 0 Å². The van der Waals surface area contributed by atoms with E-state index in [1.54, 1.807) is 30.0 Å². The number of benzene rings is 2. The van der Waals surface area contributed by atoms with Crippen molar-refractivity contribution >= 4 is 35.2 Å². The fraction of sp³-hybridized carbons (Fsp3) is 0.118. The Kier molecular flexibility index (Phi) is 5.17. The number of halogens is 1. The average Bonchev–Trinajstić information content (AvgIpc) is 3.04. The molecule has 0 unspecified atom stereocenters. The lowest BCUT2D eigenvalue weighted by Crippen LogP contribution is -2.12. The number of aromatic amines is 1. The van der Waals surface area contributed by atoms with Gasteiger partial charge in [0.15, 0.2) is 5.82 Å². The van der Waals surface area contributed by atoms with Crippen molar-refractivity contribution in [1.82, 2.24) is 15.2 Å². The highest BCUT2D eigenvalue weighted by Crippen LogP contribution is 2.25. The number of H-pyrrole nitrogens is 1. The first kappa shape index (κ1) is 16.5. The topological polar surface area (TPSA) is 70.7 Å². The molecule has 0 saturated carbocycles. The van der Waals surface area contributed by atoms with Crippen molar-refractivity contribution in [2.24, 2.45) is 0 Å². The van der Waals surface area contributed by atoms with Crippen molar-refractivity contribution < 1.29 is 4.79 Å². The molecule has 24 heavy (non-hydrogen) atoms. The van der Waals surface area contributed by atoms with Crippen LogP contribution in [0.15, 0.2) is 48.5 Å². The van der Waals surface area contributed by atoms with Crippen LogP contribution in [0.25, 0.3) is 11.4 Å². The Morgan fingerprint density at radius 2 is 1.96 bits per heavy atom. The van der Waals surface area contributed by atoms with Crippen molar-refractivity contribution in [2.75, 3.05) is 11.6 Å². The second kappa shape index (κ2) is 7.51. The predicted molar refractivity (Wildman–Crippen MR) is 98.4 cm³/mol. The van der Waals surface area contributed by atoms with Gasteiger partial charge in [-0.15, -0.1) is 5.10 Å². The third kappa shape index (κ3) is 3.77. The quantitative estimate of drug-likeness (QED) is 0.715. The van der Waals surface area contributed by atoms with Crippen LogP contribution in [0.4, 0.5) is 5.95 Å². The lowest BCUT2D eigenvalue weighted by Gasteiger charge is -2.03. The highest BCUT2D eigenvalue weighted by molar-refractivity contribution is 7.97. The van der Waals surface area contributed by atoms with Gasteiger partial charge in [-0.05, 0) is 36.1 Å². The first-order valence-electron chi connectivity index (χ1n) is 7.24. The largest absolute Gasteiger partial charge is 0.289 e. The molecule has 1 amide bonds. The minimum Gasteiger partial charge on any atom is -0.289 e. The number of amides is 1. The molecule has 7 heteroatoms. The van der Waals surface area contributed by atoms with E-state index in [0.29, 0.717) is 16.4 Å². The van der Waals surface area contributed by atoms with Gasteiger partial charge < -0.3 is 0 Å². The summed E-state index contributed by atoms with van der Waals surface area (Å²) in [6.07, 6.45) is 2.04. The second-order valence-electron chi connectivity index (χ2n) is 5.07. The number of rotatable bonds is 5. The average molecular weight is 359 g/mol. The summed E-state index contributed by atoms with van der Waals surface area (Å²) in [5.74, 6) is 1.38. The summed E-state index contributed by atoms with van der Waals surface area (Å²) >= 11 is 7.87. The third-order valence-electron chi connectivity index (χ3n) is 3.37. The summed E-state index contributed by atoms with van der Waals surface area (Å²) in [6, 6.07) is 14.8. The van der Waals surface area contributed by atoms with E-state index in [1.807, 2.05) is 36.6 Å². The molecule has 1 heterocycles. The van der Waals surface area contributed by atoms with Crippen LogP contribution >= 0.6 is 23.4 Å². The van der Waals surface area contributed by atoms with E-state index in [2.05, 4.69) is 20.5 Å². The first-order valence-corrected chi connectivity index (χ1v) is 9.01. The zero-order valence-electron chi connectivity index (χ0n) is 12.9. The third-order valence-corrected chi connectivity index (χ3v) is 4.32.